The normalized spacial score (nSPS) is 15.0. The summed E-state index contributed by atoms with van der Waals surface area (Å²) >= 11 is 6.43. The highest BCUT2D eigenvalue weighted by Gasteiger charge is 2.28. The molecule has 0 bridgehead atoms. The quantitative estimate of drug-likeness (QED) is 0.0741. The van der Waals surface area contributed by atoms with Gasteiger partial charge >= 0.3 is 0 Å². The number of halogens is 2. The van der Waals surface area contributed by atoms with Crippen LogP contribution in [0, 0.1) is 13.8 Å². The van der Waals surface area contributed by atoms with Gasteiger partial charge in [0.25, 0.3) is 11.8 Å². The van der Waals surface area contributed by atoms with Gasteiger partial charge in [-0.3, -0.25) is 19.2 Å². The third-order valence-corrected chi connectivity index (χ3v) is 11.6. The molecule has 9 rings (SSSR count). The van der Waals surface area contributed by atoms with Crippen molar-refractivity contribution >= 4 is 89.4 Å². The van der Waals surface area contributed by atoms with Gasteiger partial charge in [-0.2, -0.15) is 0 Å². The summed E-state index contributed by atoms with van der Waals surface area (Å²) in [4.78, 5) is 71.3. The number of rotatable bonds is 4. The topological polar surface area (TPSA) is 203 Å². The third-order valence-electron chi connectivity index (χ3n) is 9.98. The number of para-hydroxylation sites is 2. The Balaban J connectivity index is 0.000000156. The molecule has 6 aromatic rings. The zero-order valence-corrected chi connectivity index (χ0v) is 38.6. The number of amides is 4. The van der Waals surface area contributed by atoms with Crippen LogP contribution in [-0.2, 0) is 22.4 Å². The van der Waals surface area contributed by atoms with E-state index in [4.69, 9.17) is 19.9 Å². The molecule has 2 aromatic carbocycles. The summed E-state index contributed by atoms with van der Waals surface area (Å²) in [6, 6.07) is 13.8. The molecule has 3 aliphatic heterocycles. The van der Waals surface area contributed by atoms with Gasteiger partial charge in [0.15, 0.2) is 0 Å². The second-order valence-electron chi connectivity index (χ2n) is 17.2. The number of hydrogen-bond acceptors (Lipinski definition) is 10. The van der Waals surface area contributed by atoms with Crippen molar-refractivity contribution in [3.8, 4) is 22.5 Å². The Hall–Kier alpha value is -5.68. The van der Waals surface area contributed by atoms with E-state index < -0.39 is 0 Å². The minimum atomic E-state index is -0.144. The van der Waals surface area contributed by atoms with Crippen molar-refractivity contribution in [2.24, 2.45) is 0 Å². The number of nitrogens with one attached hydrogen (secondary N) is 6. The summed E-state index contributed by atoms with van der Waals surface area (Å²) in [5, 5.41) is 12.6. The number of hydrogen-bond donors (Lipinski definition) is 6. The Morgan fingerprint density at radius 2 is 1.15 bits per heavy atom. The molecule has 318 valence electrons. The summed E-state index contributed by atoms with van der Waals surface area (Å²) in [5.41, 5.74) is 11.8. The van der Waals surface area contributed by atoms with Gasteiger partial charge in [-0.25, -0.2) is 23.9 Å². The SMILES string of the molecule is Cc1nc2cccc(-c3[nH]c4c(c3Br)C(=O)NCC4)c2nc1NC(C)(C)C.Cc1nc2cccc(-c3cc4c([nH]3)CCNC4=O)c2nc1NC(C)(C)C.O=C1CCC(=O)N1Br. The molecule has 0 spiro atoms. The molecule has 4 aromatic heterocycles. The van der Waals surface area contributed by atoms with E-state index in [1.165, 1.54) is 0 Å². The van der Waals surface area contributed by atoms with E-state index in [1.54, 1.807) is 0 Å². The molecule has 0 unspecified atom stereocenters. The lowest BCUT2D eigenvalue weighted by atomic mass is 10.1. The average molecular weight is 956 g/mol. The number of aromatic amines is 2. The third kappa shape index (κ3) is 9.47. The van der Waals surface area contributed by atoms with Gasteiger partial charge in [-0.05, 0) is 89.5 Å². The van der Waals surface area contributed by atoms with E-state index in [0.717, 1.165) is 106 Å². The predicted octanol–water partition coefficient (Wildman–Crippen LogP) is 8.07. The van der Waals surface area contributed by atoms with E-state index in [9.17, 15) is 19.2 Å². The van der Waals surface area contributed by atoms with Gasteiger partial charge < -0.3 is 31.2 Å². The summed E-state index contributed by atoms with van der Waals surface area (Å²) < 4.78 is 1.75. The predicted molar refractivity (Wildman–Crippen MR) is 245 cm³/mol. The van der Waals surface area contributed by atoms with Crippen molar-refractivity contribution in [1.82, 2.24) is 44.5 Å². The molecule has 0 aliphatic carbocycles. The second kappa shape index (κ2) is 17.0. The van der Waals surface area contributed by atoms with E-state index in [2.05, 4.69) is 105 Å². The number of carbonyl (C=O) groups is 4. The number of imide groups is 1. The molecule has 3 aliphatic rings. The van der Waals surface area contributed by atoms with Crippen molar-refractivity contribution in [2.75, 3.05) is 23.7 Å². The smallest absolute Gasteiger partial charge is 0.254 e. The van der Waals surface area contributed by atoms with E-state index >= 15 is 0 Å². The number of nitrogens with zero attached hydrogens (tertiary/aromatic N) is 5. The maximum absolute atomic E-state index is 12.3. The second-order valence-corrected chi connectivity index (χ2v) is 18.7. The van der Waals surface area contributed by atoms with Crippen molar-refractivity contribution in [3.05, 3.63) is 80.8 Å². The van der Waals surface area contributed by atoms with Crippen LogP contribution < -0.4 is 21.3 Å². The molecule has 17 heteroatoms. The molecular weight excluding hydrogens is 906 g/mol. The number of fused-ring (bicyclic) bond motifs is 4. The molecule has 1 fully saturated rings. The molecule has 4 amide bonds. The van der Waals surface area contributed by atoms with Crippen molar-refractivity contribution in [1.29, 1.82) is 0 Å². The summed E-state index contributed by atoms with van der Waals surface area (Å²) in [6.07, 6.45) is 2.30. The molecule has 1 saturated heterocycles. The monoisotopic (exact) mass is 953 g/mol. The van der Waals surface area contributed by atoms with Gasteiger partial charge in [0, 0.05) is 78.1 Å². The fourth-order valence-corrected chi connectivity index (χ4v) is 8.30. The fourth-order valence-electron chi connectivity index (χ4n) is 7.21. The summed E-state index contributed by atoms with van der Waals surface area (Å²) in [7, 11) is 0. The maximum Gasteiger partial charge on any atom is 0.254 e. The van der Waals surface area contributed by atoms with Crippen molar-refractivity contribution < 1.29 is 19.2 Å². The van der Waals surface area contributed by atoms with Crippen LogP contribution in [0.2, 0.25) is 0 Å². The van der Waals surface area contributed by atoms with Gasteiger partial charge in [0.1, 0.15) is 22.7 Å². The van der Waals surface area contributed by atoms with E-state index in [0.29, 0.717) is 31.5 Å². The minimum absolute atomic E-state index is 0.0222. The first-order chi connectivity index (χ1) is 28.8. The molecule has 0 atom stereocenters. The average Bonchev–Trinajstić information content (AvgIpc) is 3.87. The molecule has 6 N–H and O–H groups in total. The Morgan fingerprint density at radius 3 is 1.64 bits per heavy atom. The van der Waals surface area contributed by atoms with Crippen LogP contribution in [0.5, 0.6) is 0 Å². The molecular formula is C44H49Br2N11O4. The van der Waals surface area contributed by atoms with Crippen LogP contribution in [0.25, 0.3) is 44.6 Å². The van der Waals surface area contributed by atoms with Crippen molar-refractivity contribution in [2.45, 2.75) is 92.2 Å². The molecule has 0 saturated carbocycles. The first-order valence-corrected chi connectivity index (χ1v) is 21.6. The van der Waals surface area contributed by atoms with Crippen LogP contribution in [0.15, 0.2) is 46.9 Å². The highest BCUT2D eigenvalue weighted by molar-refractivity contribution is 9.10. The van der Waals surface area contributed by atoms with Crippen LogP contribution >= 0.6 is 32.1 Å². The number of benzene rings is 2. The van der Waals surface area contributed by atoms with Gasteiger partial charge in [0.2, 0.25) is 11.8 Å². The highest BCUT2D eigenvalue weighted by Crippen LogP contribution is 2.38. The zero-order valence-electron chi connectivity index (χ0n) is 35.4. The Labute approximate surface area is 370 Å². The molecule has 0 radical (unpaired) electrons. The molecule has 15 nitrogen and oxygen atoms in total. The van der Waals surface area contributed by atoms with E-state index in [-0.39, 0.29) is 34.7 Å². The lowest BCUT2D eigenvalue weighted by Gasteiger charge is -2.22. The van der Waals surface area contributed by atoms with Crippen LogP contribution in [0.3, 0.4) is 0 Å². The van der Waals surface area contributed by atoms with Crippen LogP contribution in [0.1, 0.15) is 97.9 Å². The van der Waals surface area contributed by atoms with Crippen molar-refractivity contribution in [3.63, 3.8) is 0 Å². The molecule has 7 heterocycles. The van der Waals surface area contributed by atoms with Crippen LogP contribution in [-0.4, -0.2) is 81.6 Å². The fraction of sp³-hybridized carbons (Fsp3) is 0.364. The summed E-state index contributed by atoms with van der Waals surface area (Å²) in [5.74, 6) is 1.19. The minimum Gasteiger partial charge on any atom is -0.364 e. The Kier molecular flexibility index (Phi) is 12.1. The number of anilines is 2. The van der Waals surface area contributed by atoms with Gasteiger partial charge in [0.05, 0.1) is 59.9 Å². The Bertz CT molecular complexity index is 2710. The number of aryl methyl sites for hydroxylation is 2. The first kappa shape index (κ1) is 43.4. The lowest BCUT2D eigenvalue weighted by Crippen LogP contribution is -2.31. The molecule has 61 heavy (non-hydrogen) atoms. The number of aromatic nitrogens is 6. The van der Waals surface area contributed by atoms with Gasteiger partial charge in [-0.15, -0.1) is 0 Å². The number of H-pyrrole nitrogens is 2. The summed E-state index contributed by atoms with van der Waals surface area (Å²) in [6.45, 7) is 17.8. The van der Waals surface area contributed by atoms with E-state index in [1.807, 2.05) is 56.3 Å². The van der Waals surface area contributed by atoms with Crippen LogP contribution in [0.4, 0.5) is 11.6 Å². The maximum atomic E-state index is 12.3. The highest BCUT2D eigenvalue weighted by atomic mass is 79.9. The Morgan fingerprint density at radius 1 is 0.639 bits per heavy atom. The zero-order chi connectivity index (χ0) is 44.0. The van der Waals surface area contributed by atoms with Gasteiger partial charge in [-0.1, -0.05) is 24.3 Å². The number of carbonyl (C=O) groups excluding carboxylic acids is 4. The standard InChI is InChI=1S/C20H22BrN5O.C20H23N5O.C4H4BrNO2/c1-10-18(26-20(2,3)4)25-16-11(6-5-7-13(16)23-10)17-15(21)14-12(24-17)8-9-22-19(14)27;1-11-18(25-20(2,3)4)24-17-12(6-5-7-15(17)22-11)16-10-13-14(23-16)8-9-21-19(13)26;5-6-3(7)1-2-4(6)8/h5-7,24H,8-9H2,1-4H3,(H,22,27)(H,25,26);5-7,10,23H,8-9H2,1-4H3,(H,21,26)(H,24,25);1-2H2. The lowest BCUT2D eigenvalue weighted by molar-refractivity contribution is -0.131. The largest absolute Gasteiger partial charge is 0.364 e. The first-order valence-electron chi connectivity index (χ1n) is 20.1.